The molecule has 0 atom stereocenters. The zero-order valence-electron chi connectivity index (χ0n) is 7.00. The van der Waals surface area contributed by atoms with Gasteiger partial charge >= 0.3 is 0 Å². The first kappa shape index (κ1) is 10.3. The molecule has 0 N–H and O–H groups in total. The highest BCUT2D eigenvalue weighted by Crippen LogP contribution is 2.33. The average Bonchev–Trinajstić information content (AvgIpc) is 1.59. The molecule has 0 aromatic rings. The fourth-order valence-corrected chi connectivity index (χ4v) is 2.23. The van der Waals surface area contributed by atoms with Crippen molar-refractivity contribution in [3.05, 3.63) is 0 Å². The predicted molar refractivity (Wildman–Crippen MR) is 40.4 cm³/mol. The minimum atomic E-state index is -2.24. The fourth-order valence-electron chi connectivity index (χ4n) is 1.26. The number of hydrogen-bond acceptors (Lipinski definition) is 2. The van der Waals surface area contributed by atoms with Gasteiger partial charge in [0.1, 0.15) is 0 Å². The summed E-state index contributed by atoms with van der Waals surface area (Å²) in [4.78, 5) is 21.2. The first-order valence-corrected chi connectivity index (χ1v) is 4.85. The zero-order chi connectivity index (χ0) is 8.31. The maximum Gasteiger partial charge on any atom is -0.0424 e. The van der Waals surface area contributed by atoms with Crippen LogP contribution in [0.25, 0.3) is 0 Å². The summed E-state index contributed by atoms with van der Waals surface area (Å²) in [6.07, 6.45) is 0. The Balaban J connectivity index is 3.98. The first-order valence-electron chi connectivity index (χ1n) is 3.60. The van der Waals surface area contributed by atoms with Crippen LogP contribution in [0.3, 0.4) is 0 Å². The minimum Gasteiger partial charge on any atom is -0.841 e. The zero-order valence-corrected chi connectivity index (χ0v) is 7.89. The Labute approximate surface area is 64.2 Å². The van der Waals surface area contributed by atoms with E-state index in [2.05, 4.69) is 0 Å². The quantitative estimate of drug-likeness (QED) is 0.573. The van der Waals surface area contributed by atoms with Crippen molar-refractivity contribution in [2.24, 2.45) is 11.8 Å². The fraction of sp³-hybridized carbons (Fsp3) is 1.00. The Morgan fingerprint density at radius 2 is 1.20 bits per heavy atom. The SMILES string of the molecule is CC(C)C(C(C)C)P([O-])[O-]. The lowest BCUT2D eigenvalue weighted by atomic mass is 10.00. The van der Waals surface area contributed by atoms with Gasteiger partial charge in [0.2, 0.25) is 0 Å². The Kier molecular flexibility index (Phi) is 4.42. The van der Waals surface area contributed by atoms with Crippen LogP contribution < -0.4 is 9.79 Å². The van der Waals surface area contributed by atoms with Crippen molar-refractivity contribution in [3.8, 4) is 0 Å². The van der Waals surface area contributed by atoms with E-state index < -0.39 is 8.38 Å². The number of rotatable bonds is 3. The van der Waals surface area contributed by atoms with Crippen LogP contribution in [0.4, 0.5) is 0 Å². The molecule has 0 aliphatic rings. The molecule has 0 aliphatic carbocycles. The highest BCUT2D eigenvalue weighted by Gasteiger charge is 2.13. The smallest absolute Gasteiger partial charge is 0.0424 e. The second-order valence-electron chi connectivity index (χ2n) is 3.26. The van der Waals surface area contributed by atoms with Crippen LogP contribution >= 0.6 is 8.38 Å². The van der Waals surface area contributed by atoms with Gasteiger partial charge in [0, 0.05) is 0 Å². The molecule has 0 radical (unpaired) electrons. The molecule has 0 unspecified atom stereocenters. The van der Waals surface area contributed by atoms with Crippen molar-refractivity contribution in [2.45, 2.75) is 33.4 Å². The van der Waals surface area contributed by atoms with Crippen LogP contribution in [0.1, 0.15) is 27.7 Å². The van der Waals surface area contributed by atoms with E-state index in [1.54, 1.807) is 0 Å². The Bertz CT molecular complexity index is 72.6. The van der Waals surface area contributed by atoms with Gasteiger partial charge in [-0.1, -0.05) is 27.7 Å². The maximum absolute atomic E-state index is 10.6. The molecule has 0 saturated heterocycles. The van der Waals surface area contributed by atoms with E-state index in [1.165, 1.54) is 0 Å². The lowest BCUT2D eigenvalue weighted by Crippen LogP contribution is -2.30. The van der Waals surface area contributed by atoms with Crippen LogP contribution in [0.2, 0.25) is 0 Å². The molecule has 3 heteroatoms. The molecule has 0 rings (SSSR count). The second kappa shape index (κ2) is 4.27. The van der Waals surface area contributed by atoms with Gasteiger partial charge in [0.25, 0.3) is 0 Å². The maximum atomic E-state index is 10.6. The summed E-state index contributed by atoms with van der Waals surface area (Å²) in [6, 6.07) is 0. The van der Waals surface area contributed by atoms with E-state index in [-0.39, 0.29) is 17.5 Å². The van der Waals surface area contributed by atoms with Crippen molar-refractivity contribution >= 4 is 8.38 Å². The summed E-state index contributed by atoms with van der Waals surface area (Å²) in [6.45, 7) is 7.76. The van der Waals surface area contributed by atoms with Gasteiger partial charge in [-0.3, -0.25) is 0 Å². The molecule has 0 saturated carbocycles. The standard InChI is InChI=1S/C7H15O2P/c1-5(2)7(6(3)4)10(8)9/h5-7H,1-4H3/q-2. The van der Waals surface area contributed by atoms with Gasteiger partial charge in [0.05, 0.1) is 0 Å². The second-order valence-corrected chi connectivity index (χ2v) is 4.43. The monoisotopic (exact) mass is 162 g/mol. The molecule has 0 aromatic heterocycles. The molecule has 0 fully saturated rings. The first-order chi connectivity index (χ1) is 4.46. The Morgan fingerprint density at radius 3 is 1.20 bits per heavy atom. The summed E-state index contributed by atoms with van der Waals surface area (Å²) < 4.78 is 0. The highest BCUT2D eigenvalue weighted by atomic mass is 31.2. The molecule has 0 heterocycles. The molecule has 0 aromatic carbocycles. The van der Waals surface area contributed by atoms with E-state index in [1.807, 2.05) is 27.7 Å². The van der Waals surface area contributed by atoms with E-state index >= 15 is 0 Å². The Hall–Kier alpha value is 0.350. The summed E-state index contributed by atoms with van der Waals surface area (Å²) in [5.41, 5.74) is -0.157. The van der Waals surface area contributed by atoms with Crippen LogP contribution in [0, 0.1) is 11.8 Å². The van der Waals surface area contributed by atoms with E-state index in [4.69, 9.17) is 0 Å². The lowest BCUT2D eigenvalue weighted by Gasteiger charge is -2.45. The largest absolute Gasteiger partial charge is 0.841 e. The van der Waals surface area contributed by atoms with E-state index in [0.29, 0.717) is 0 Å². The van der Waals surface area contributed by atoms with Crippen LogP contribution in [-0.2, 0) is 0 Å². The molecule has 0 aliphatic heterocycles. The topological polar surface area (TPSA) is 46.1 Å². The predicted octanol–water partition coefficient (Wildman–Crippen LogP) is 0.699. The van der Waals surface area contributed by atoms with Gasteiger partial charge < -0.3 is 18.2 Å². The van der Waals surface area contributed by atoms with Crippen molar-refractivity contribution in [2.75, 3.05) is 0 Å². The molecule has 2 nitrogen and oxygen atoms in total. The summed E-state index contributed by atoms with van der Waals surface area (Å²) in [7, 11) is -2.24. The molecule has 62 valence electrons. The van der Waals surface area contributed by atoms with Crippen LogP contribution in [0.15, 0.2) is 0 Å². The van der Waals surface area contributed by atoms with Gasteiger partial charge in [-0.15, -0.1) is 0 Å². The normalized spacial score (nSPS) is 12.6. The van der Waals surface area contributed by atoms with Gasteiger partial charge in [-0.2, -0.15) is 0 Å². The molecular formula is C7H15O2P-2. The third-order valence-corrected chi connectivity index (χ3v) is 3.29. The molecule has 0 bridgehead atoms. The lowest BCUT2D eigenvalue weighted by molar-refractivity contribution is -0.296. The minimum absolute atomic E-state index is 0.157. The van der Waals surface area contributed by atoms with Crippen molar-refractivity contribution in [1.82, 2.24) is 0 Å². The number of hydrogen-bond donors (Lipinski definition) is 0. The van der Waals surface area contributed by atoms with Gasteiger partial charge in [-0.25, -0.2) is 0 Å². The summed E-state index contributed by atoms with van der Waals surface area (Å²) in [5, 5.41) is 0. The van der Waals surface area contributed by atoms with E-state index in [9.17, 15) is 9.79 Å². The molecule has 0 amide bonds. The van der Waals surface area contributed by atoms with Crippen LogP contribution in [0.5, 0.6) is 0 Å². The third kappa shape index (κ3) is 2.96. The highest BCUT2D eigenvalue weighted by molar-refractivity contribution is 7.42. The molecule has 10 heavy (non-hydrogen) atoms. The van der Waals surface area contributed by atoms with Crippen molar-refractivity contribution < 1.29 is 9.79 Å². The van der Waals surface area contributed by atoms with Crippen LogP contribution in [-0.4, -0.2) is 5.66 Å². The molecule has 0 spiro atoms. The van der Waals surface area contributed by atoms with Crippen molar-refractivity contribution in [3.63, 3.8) is 0 Å². The summed E-state index contributed by atoms with van der Waals surface area (Å²) >= 11 is 0. The van der Waals surface area contributed by atoms with Gasteiger partial charge in [0.15, 0.2) is 0 Å². The Morgan fingerprint density at radius 1 is 0.900 bits per heavy atom. The van der Waals surface area contributed by atoms with Crippen molar-refractivity contribution in [1.29, 1.82) is 0 Å². The van der Waals surface area contributed by atoms with Gasteiger partial charge in [-0.05, 0) is 17.5 Å². The summed E-state index contributed by atoms with van der Waals surface area (Å²) in [5.74, 6) is 0.474. The average molecular weight is 162 g/mol. The molecular weight excluding hydrogens is 147 g/mol. The third-order valence-electron chi connectivity index (χ3n) is 1.61. The van der Waals surface area contributed by atoms with E-state index in [0.717, 1.165) is 0 Å².